The van der Waals surface area contributed by atoms with Gasteiger partial charge in [-0.05, 0) is 70.6 Å². The molecule has 18 heavy (non-hydrogen) atoms. The summed E-state index contributed by atoms with van der Waals surface area (Å²) in [5.74, 6) is 0.903. The monoisotopic (exact) mass is 254 g/mol. The molecule has 0 aromatic carbocycles. The second-order valence-electron chi connectivity index (χ2n) is 5.89. The van der Waals surface area contributed by atoms with Crippen molar-refractivity contribution in [1.82, 2.24) is 10.2 Å². The Morgan fingerprint density at radius 2 is 2.06 bits per heavy atom. The summed E-state index contributed by atoms with van der Waals surface area (Å²) in [5.41, 5.74) is 0. The van der Waals surface area contributed by atoms with E-state index in [0.29, 0.717) is 0 Å². The highest BCUT2D eigenvalue weighted by Gasteiger charge is 2.20. The van der Waals surface area contributed by atoms with E-state index in [9.17, 15) is 0 Å². The maximum atomic E-state index is 5.66. The average Bonchev–Trinajstić information content (AvgIpc) is 3.20. The Labute approximate surface area is 112 Å². The van der Waals surface area contributed by atoms with Crippen LogP contribution in [0.15, 0.2) is 0 Å². The summed E-state index contributed by atoms with van der Waals surface area (Å²) in [6.45, 7) is 9.12. The Morgan fingerprint density at radius 1 is 1.17 bits per heavy atom. The van der Waals surface area contributed by atoms with Crippen LogP contribution in [0.25, 0.3) is 0 Å². The molecule has 1 saturated heterocycles. The van der Waals surface area contributed by atoms with Crippen LogP contribution in [0.2, 0.25) is 0 Å². The quantitative estimate of drug-likeness (QED) is 0.673. The smallest absolute Gasteiger partial charge is 0.0494 e. The summed E-state index contributed by atoms with van der Waals surface area (Å²) in [6, 6.07) is 0.741. The summed E-state index contributed by atoms with van der Waals surface area (Å²) in [4.78, 5) is 2.57. The molecular weight excluding hydrogens is 224 g/mol. The molecule has 0 amide bonds. The molecule has 106 valence electrons. The Morgan fingerprint density at radius 3 is 2.83 bits per heavy atom. The highest BCUT2D eigenvalue weighted by molar-refractivity contribution is 4.74. The van der Waals surface area contributed by atoms with Gasteiger partial charge in [0.05, 0.1) is 0 Å². The number of nitrogens with one attached hydrogen (secondary N) is 1. The Balaban J connectivity index is 1.45. The van der Waals surface area contributed by atoms with Gasteiger partial charge in [0.25, 0.3) is 0 Å². The van der Waals surface area contributed by atoms with Gasteiger partial charge in [-0.2, -0.15) is 0 Å². The van der Waals surface area contributed by atoms with Crippen molar-refractivity contribution < 1.29 is 4.74 Å². The largest absolute Gasteiger partial charge is 0.381 e. The van der Waals surface area contributed by atoms with Crippen molar-refractivity contribution in [3.05, 3.63) is 0 Å². The fourth-order valence-corrected chi connectivity index (χ4v) is 2.69. The van der Waals surface area contributed by atoms with Gasteiger partial charge in [-0.25, -0.2) is 0 Å². The van der Waals surface area contributed by atoms with Gasteiger partial charge in [0.15, 0.2) is 0 Å². The van der Waals surface area contributed by atoms with Crippen LogP contribution in [-0.4, -0.2) is 50.3 Å². The van der Waals surface area contributed by atoms with Gasteiger partial charge in [0, 0.05) is 19.3 Å². The number of hydrogen-bond acceptors (Lipinski definition) is 3. The molecule has 0 aromatic heterocycles. The van der Waals surface area contributed by atoms with Gasteiger partial charge in [0.2, 0.25) is 0 Å². The van der Waals surface area contributed by atoms with Crippen LogP contribution < -0.4 is 5.32 Å². The van der Waals surface area contributed by atoms with E-state index in [0.717, 1.165) is 31.7 Å². The SMILES string of the molecule is CCN1CCCC(NCCCOCC2CC2)CC1. The Bertz CT molecular complexity index is 219. The summed E-state index contributed by atoms with van der Waals surface area (Å²) >= 11 is 0. The minimum Gasteiger partial charge on any atom is -0.381 e. The molecule has 2 rings (SSSR count). The van der Waals surface area contributed by atoms with Crippen molar-refractivity contribution in [2.75, 3.05) is 39.4 Å². The van der Waals surface area contributed by atoms with Crippen LogP contribution in [0.5, 0.6) is 0 Å². The molecule has 1 atom stereocenters. The first-order valence-electron chi connectivity index (χ1n) is 7.92. The molecular formula is C15H30N2O. The predicted molar refractivity (Wildman–Crippen MR) is 75.9 cm³/mol. The second kappa shape index (κ2) is 8.13. The molecule has 0 bridgehead atoms. The zero-order valence-electron chi connectivity index (χ0n) is 12.0. The molecule has 1 aliphatic carbocycles. The summed E-state index contributed by atoms with van der Waals surface area (Å²) < 4.78 is 5.66. The van der Waals surface area contributed by atoms with E-state index in [4.69, 9.17) is 4.74 Å². The Kier molecular flexibility index (Phi) is 6.46. The number of nitrogens with zero attached hydrogens (tertiary/aromatic N) is 1. The van der Waals surface area contributed by atoms with Crippen LogP contribution in [0.1, 0.15) is 45.4 Å². The molecule has 0 spiro atoms. The normalized spacial score (nSPS) is 26.2. The lowest BCUT2D eigenvalue weighted by Crippen LogP contribution is -2.32. The van der Waals surface area contributed by atoms with Gasteiger partial charge in [0.1, 0.15) is 0 Å². The van der Waals surface area contributed by atoms with Gasteiger partial charge >= 0.3 is 0 Å². The van der Waals surface area contributed by atoms with E-state index in [-0.39, 0.29) is 0 Å². The fourth-order valence-electron chi connectivity index (χ4n) is 2.69. The lowest BCUT2D eigenvalue weighted by molar-refractivity contribution is 0.121. The van der Waals surface area contributed by atoms with E-state index in [1.54, 1.807) is 0 Å². The lowest BCUT2D eigenvalue weighted by atomic mass is 10.1. The van der Waals surface area contributed by atoms with Crippen LogP contribution >= 0.6 is 0 Å². The molecule has 1 N–H and O–H groups in total. The van der Waals surface area contributed by atoms with Crippen molar-refractivity contribution in [1.29, 1.82) is 0 Å². The first-order chi connectivity index (χ1) is 8.88. The van der Waals surface area contributed by atoms with Gasteiger partial charge < -0.3 is 15.0 Å². The molecule has 3 nitrogen and oxygen atoms in total. The number of ether oxygens (including phenoxy) is 1. The summed E-state index contributed by atoms with van der Waals surface area (Å²) in [7, 11) is 0. The van der Waals surface area contributed by atoms with Crippen molar-refractivity contribution in [2.24, 2.45) is 5.92 Å². The molecule has 2 fully saturated rings. The number of rotatable bonds is 8. The highest BCUT2D eigenvalue weighted by atomic mass is 16.5. The predicted octanol–water partition coefficient (Wildman–Crippen LogP) is 2.27. The van der Waals surface area contributed by atoms with Crippen molar-refractivity contribution >= 4 is 0 Å². The van der Waals surface area contributed by atoms with E-state index in [2.05, 4.69) is 17.1 Å². The molecule has 1 aliphatic heterocycles. The number of likely N-dealkylation sites (tertiary alicyclic amines) is 1. The van der Waals surface area contributed by atoms with Crippen molar-refractivity contribution in [2.45, 2.75) is 51.5 Å². The van der Waals surface area contributed by atoms with E-state index in [1.165, 1.54) is 58.2 Å². The first kappa shape index (κ1) is 14.3. The molecule has 1 saturated carbocycles. The molecule has 0 aromatic rings. The van der Waals surface area contributed by atoms with Crippen LogP contribution in [0.4, 0.5) is 0 Å². The van der Waals surface area contributed by atoms with E-state index >= 15 is 0 Å². The van der Waals surface area contributed by atoms with E-state index < -0.39 is 0 Å². The molecule has 1 unspecified atom stereocenters. The van der Waals surface area contributed by atoms with E-state index in [1.807, 2.05) is 0 Å². The minimum atomic E-state index is 0.741. The van der Waals surface area contributed by atoms with Crippen molar-refractivity contribution in [3.8, 4) is 0 Å². The Hall–Kier alpha value is -0.120. The third-order valence-electron chi connectivity index (χ3n) is 4.22. The average molecular weight is 254 g/mol. The second-order valence-corrected chi connectivity index (χ2v) is 5.89. The zero-order valence-corrected chi connectivity index (χ0v) is 12.0. The maximum absolute atomic E-state index is 5.66. The van der Waals surface area contributed by atoms with Crippen LogP contribution in [-0.2, 0) is 4.74 Å². The summed E-state index contributed by atoms with van der Waals surface area (Å²) in [6.07, 6.45) is 7.98. The highest BCUT2D eigenvalue weighted by Crippen LogP contribution is 2.28. The van der Waals surface area contributed by atoms with Crippen LogP contribution in [0, 0.1) is 5.92 Å². The molecule has 0 radical (unpaired) electrons. The van der Waals surface area contributed by atoms with Gasteiger partial charge in [-0.15, -0.1) is 0 Å². The van der Waals surface area contributed by atoms with Crippen LogP contribution in [0.3, 0.4) is 0 Å². The third-order valence-corrected chi connectivity index (χ3v) is 4.22. The van der Waals surface area contributed by atoms with Gasteiger partial charge in [-0.1, -0.05) is 6.92 Å². The standard InChI is InChI=1S/C15H30N2O/c1-2-17-10-3-5-15(8-11-17)16-9-4-12-18-13-14-6-7-14/h14-16H,2-13H2,1H3. The van der Waals surface area contributed by atoms with Gasteiger partial charge in [-0.3, -0.25) is 0 Å². The first-order valence-corrected chi connectivity index (χ1v) is 7.92. The summed E-state index contributed by atoms with van der Waals surface area (Å²) in [5, 5.41) is 3.70. The minimum absolute atomic E-state index is 0.741. The fraction of sp³-hybridized carbons (Fsp3) is 1.00. The molecule has 3 heteroatoms. The zero-order chi connectivity index (χ0) is 12.6. The third kappa shape index (κ3) is 5.68. The lowest BCUT2D eigenvalue weighted by Gasteiger charge is -2.18. The number of hydrogen-bond donors (Lipinski definition) is 1. The molecule has 1 heterocycles. The van der Waals surface area contributed by atoms with Crippen molar-refractivity contribution in [3.63, 3.8) is 0 Å². The topological polar surface area (TPSA) is 24.5 Å². The molecule has 2 aliphatic rings. The maximum Gasteiger partial charge on any atom is 0.0494 e.